The second-order valence-electron chi connectivity index (χ2n) is 5.42. The Kier molecular flexibility index (Phi) is 6.43. The molecule has 2 rings (SSSR count). The molecule has 2 aliphatic heterocycles. The molecule has 110 valence electrons. The molecule has 0 bridgehead atoms. The van der Waals surface area contributed by atoms with E-state index in [0.29, 0.717) is 12.6 Å². The molecule has 2 saturated heterocycles. The third-order valence-electron chi connectivity index (χ3n) is 3.85. The third kappa shape index (κ3) is 5.69. The number of likely N-dealkylation sites (tertiary alicyclic amines) is 1. The van der Waals surface area contributed by atoms with Gasteiger partial charge in [-0.25, -0.2) is 0 Å². The van der Waals surface area contributed by atoms with E-state index in [0.717, 1.165) is 52.1 Å². The molecule has 19 heavy (non-hydrogen) atoms. The minimum Gasteiger partial charge on any atom is -0.354 e. The summed E-state index contributed by atoms with van der Waals surface area (Å²) >= 11 is 2.02. The van der Waals surface area contributed by atoms with Crippen LogP contribution in [0.25, 0.3) is 0 Å². The smallest absolute Gasteiger partial charge is 0.234 e. The normalized spacial score (nSPS) is 23.4. The van der Waals surface area contributed by atoms with E-state index in [1.54, 1.807) is 0 Å². The molecule has 3 N–H and O–H groups in total. The van der Waals surface area contributed by atoms with Crippen LogP contribution in [0.1, 0.15) is 12.8 Å². The van der Waals surface area contributed by atoms with Crippen LogP contribution in [0.3, 0.4) is 0 Å². The highest BCUT2D eigenvalue weighted by Gasteiger charge is 2.18. The van der Waals surface area contributed by atoms with Gasteiger partial charge < -0.3 is 11.1 Å². The summed E-state index contributed by atoms with van der Waals surface area (Å²) < 4.78 is 0. The second-order valence-corrected chi connectivity index (χ2v) is 6.64. The number of carbonyl (C=O) groups excluding carboxylic acids is 1. The van der Waals surface area contributed by atoms with Crippen LogP contribution in [0.15, 0.2) is 0 Å². The van der Waals surface area contributed by atoms with E-state index in [1.165, 1.54) is 11.5 Å². The maximum atomic E-state index is 11.8. The standard InChI is InChI=1S/C13H26N4OS/c14-12-1-4-17(5-2-12)11-13(18)15-3-6-16-7-9-19-10-8-16/h12H,1-11,14H2,(H,15,18). The zero-order valence-electron chi connectivity index (χ0n) is 11.6. The van der Waals surface area contributed by atoms with E-state index >= 15 is 0 Å². The van der Waals surface area contributed by atoms with Crippen LogP contribution in [0.4, 0.5) is 0 Å². The number of hydrogen-bond acceptors (Lipinski definition) is 5. The van der Waals surface area contributed by atoms with Gasteiger partial charge in [-0.3, -0.25) is 14.6 Å². The molecular formula is C13H26N4OS. The molecule has 0 saturated carbocycles. The molecule has 6 heteroatoms. The Labute approximate surface area is 120 Å². The Bertz CT molecular complexity index is 276. The van der Waals surface area contributed by atoms with Gasteiger partial charge >= 0.3 is 0 Å². The van der Waals surface area contributed by atoms with Crippen LogP contribution in [0, 0.1) is 0 Å². The molecule has 0 atom stereocenters. The Morgan fingerprint density at radius 2 is 1.84 bits per heavy atom. The number of amides is 1. The maximum Gasteiger partial charge on any atom is 0.234 e. The highest BCUT2D eigenvalue weighted by Crippen LogP contribution is 2.08. The summed E-state index contributed by atoms with van der Waals surface area (Å²) in [6, 6.07) is 0.330. The minimum atomic E-state index is 0.154. The Morgan fingerprint density at radius 1 is 1.16 bits per heavy atom. The number of piperidine rings is 1. The van der Waals surface area contributed by atoms with Crippen molar-refractivity contribution in [3.05, 3.63) is 0 Å². The van der Waals surface area contributed by atoms with E-state index in [1.807, 2.05) is 11.8 Å². The number of nitrogens with zero attached hydrogens (tertiary/aromatic N) is 2. The van der Waals surface area contributed by atoms with Crippen LogP contribution in [0.2, 0.25) is 0 Å². The van der Waals surface area contributed by atoms with Crippen molar-refractivity contribution in [3.8, 4) is 0 Å². The lowest BCUT2D eigenvalue weighted by atomic mass is 10.1. The average molecular weight is 286 g/mol. The molecule has 2 aliphatic rings. The fourth-order valence-electron chi connectivity index (χ4n) is 2.55. The van der Waals surface area contributed by atoms with E-state index in [4.69, 9.17) is 5.73 Å². The minimum absolute atomic E-state index is 0.154. The second kappa shape index (κ2) is 8.09. The van der Waals surface area contributed by atoms with Crippen LogP contribution >= 0.6 is 11.8 Å². The number of carbonyl (C=O) groups is 1. The first-order valence-electron chi connectivity index (χ1n) is 7.29. The summed E-state index contributed by atoms with van der Waals surface area (Å²) in [7, 11) is 0. The molecule has 2 fully saturated rings. The van der Waals surface area contributed by atoms with Crippen LogP contribution in [-0.4, -0.2) is 79.1 Å². The van der Waals surface area contributed by atoms with Gasteiger partial charge in [0.1, 0.15) is 0 Å². The SMILES string of the molecule is NC1CCN(CC(=O)NCCN2CCSCC2)CC1. The van der Waals surface area contributed by atoms with Gasteiger partial charge in [0.25, 0.3) is 0 Å². The topological polar surface area (TPSA) is 61.6 Å². The lowest BCUT2D eigenvalue weighted by molar-refractivity contribution is -0.122. The van der Waals surface area contributed by atoms with Gasteiger partial charge in [-0.15, -0.1) is 0 Å². The Hall–Kier alpha value is -0.300. The number of nitrogens with one attached hydrogen (secondary N) is 1. The number of rotatable bonds is 5. The van der Waals surface area contributed by atoms with Gasteiger partial charge in [-0.05, 0) is 12.8 Å². The van der Waals surface area contributed by atoms with E-state index in [2.05, 4.69) is 15.1 Å². The van der Waals surface area contributed by atoms with Gasteiger partial charge in [0.05, 0.1) is 6.54 Å². The summed E-state index contributed by atoms with van der Waals surface area (Å²) in [6.07, 6.45) is 2.03. The highest BCUT2D eigenvalue weighted by molar-refractivity contribution is 7.99. The summed E-state index contributed by atoms with van der Waals surface area (Å²) in [6.45, 7) is 6.52. The van der Waals surface area contributed by atoms with E-state index < -0.39 is 0 Å². The molecular weight excluding hydrogens is 260 g/mol. The van der Waals surface area contributed by atoms with Crippen LogP contribution in [0.5, 0.6) is 0 Å². The molecule has 5 nitrogen and oxygen atoms in total. The van der Waals surface area contributed by atoms with Gasteiger partial charge in [-0.1, -0.05) is 0 Å². The van der Waals surface area contributed by atoms with Gasteiger partial charge in [-0.2, -0.15) is 11.8 Å². The fraction of sp³-hybridized carbons (Fsp3) is 0.923. The summed E-state index contributed by atoms with van der Waals surface area (Å²) in [5.41, 5.74) is 5.86. The van der Waals surface area contributed by atoms with Crippen molar-refractivity contribution < 1.29 is 4.79 Å². The first kappa shape index (κ1) is 15.1. The van der Waals surface area contributed by atoms with Gasteiger partial charge in [0.2, 0.25) is 5.91 Å². The van der Waals surface area contributed by atoms with Crippen LogP contribution < -0.4 is 11.1 Å². The van der Waals surface area contributed by atoms with Crippen molar-refractivity contribution >= 4 is 17.7 Å². The third-order valence-corrected chi connectivity index (χ3v) is 4.80. The van der Waals surface area contributed by atoms with E-state index in [9.17, 15) is 4.79 Å². The molecule has 0 unspecified atom stereocenters. The molecule has 0 radical (unpaired) electrons. The molecule has 0 aromatic heterocycles. The average Bonchev–Trinajstić information content (AvgIpc) is 2.43. The zero-order chi connectivity index (χ0) is 13.5. The molecule has 1 amide bonds. The molecule has 0 spiro atoms. The zero-order valence-corrected chi connectivity index (χ0v) is 12.5. The molecule has 2 heterocycles. The van der Waals surface area contributed by atoms with Gasteiger partial charge in [0, 0.05) is 56.8 Å². The Balaban J connectivity index is 1.54. The molecule has 0 aromatic rings. The maximum absolute atomic E-state index is 11.8. The van der Waals surface area contributed by atoms with Crippen molar-refractivity contribution in [2.75, 3.05) is 57.3 Å². The van der Waals surface area contributed by atoms with Crippen molar-refractivity contribution in [3.63, 3.8) is 0 Å². The first-order valence-corrected chi connectivity index (χ1v) is 8.44. The number of hydrogen-bond donors (Lipinski definition) is 2. The lowest BCUT2D eigenvalue weighted by Gasteiger charge is -2.29. The Morgan fingerprint density at radius 3 is 2.53 bits per heavy atom. The number of nitrogens with two attached hydrogens (primary N) is 1. The van der Waals surface area contributed by atoms with Crippen molar-refractivity contribution in [1.82, 2.24) is 15.1 Å². The number of thioether (sulfide) groups is 1. The predicted molar refractivity (Wildman–Crippen MR) is 80.4 cm³/mol. The highest BCUT2D eigenvalue weighted by atomic mass is 32.2. The summed E-state index contributed by atoms with van der Waals surface area (Å²) in [4.78, 5) is 16.5. The lowest BCUT2D eigenvalue weighted by Crippen LogP contribution is -2.46. The predicted octanol–water partition coefficient (Wildman–Crippen LogP) is -0.425. The van der Waals surface area contributed by atoms with E-state index in [-0.39, 0.29) is 5.91 Å². The van der Waals surface area contributed by atoms with Crippen molar-refractivity contribution in [2.45, 2.75) is 18.9 Å². The fourth-order valence-corrected chi connectivity index (χ4v) is 3.53. The summed E-state index contributed by atoms with van der Waals surface area (Å²) in [5, 5.41) is 3.03. The van der Waals surface area contributed by atoms with Crippen LogP contribution in [-0.2, 0) is 4.79 Å². The monoisotopic (exact) mass is 286 g/mol. The van der Waals surface area contributed by atoms with Crippen molar-refractivity contribution in [2.24, 2.45) is 5.73 Å². The van der Waals surface area contributed by atoms with Gasteiger partial charge in [0.15, 0.2) is 0 Å². The van der Waals surface area contributed by atoms with Crippen molar-refractivity contribution in [1.29, 1.82) is 0 Å². The molecule has 0 aliphatic carbocycles. The molecule has 0 aromatic carbocycles. The largest absolute Gasteiger partial charge is 0.354 e. The first-order chi connectivity index (χ1) is 9.24. The summed E-state index contributed by atoms with van der Waals surface area (Å²) in [5.74, 6) is 2.60. The quantitative estimate of drug-likeness (QED) is 0.718.